The van der Waals surface area contributed by atoms with E-state index < -0.39 is 5.60 Å². The second-order valence-corrected chi connectivity index (χ2v) is 10.8. The SMILES string of the molecule is CC(C)(C)OCOC(=O)CC1CNCC(CC(=O)OC(c2ccccc2)(c2ccccc2)c2ccccc2)N1. The minimum absolute atomic E-state index is 0.0845. The first-order valence-corrected chi connectivity index (χ1v) is 13.4. The van der Waals surface area contributed by atoms with Gasteiger partial charge >= 0.3 is 11.9 Å². The molecule has 2 unspecified atom stereocenters. The fourth-order valence-electron chi connectivity index (χ4n) is 4.79. The van der Waals surface area contributed by atoms with E-state index in [0.717, 1.165) is 16.7 Å². The molecule has 0 aliphatic carbocycles. The number of carbonyl (C=O) groups is 2. The summed E-state index contributed by atoms with van der Waals surface area (Å²) in [5.74, 6) is -0.689. The lowest BCUT2D eigenvalue weighted by Crippen LogP contribution is -2.56. The first kappa shape index (κ1) is 28.5. The third-order valence-electron chi connectivity index (χ3n) is 6.60. The van der Waals surface area contributed by atoms with Crippen LogP contribution in [-0.4, -0.2) is 49.5 Å². The molecule has 0 radical (unpaired) electrons. The van der Waals surface area contributed by atoms with Crippen molar-refractivity contribution in [2.75, 3.05) is 19.9 Å². The van der Waals surface area contributed by atoms with Crippen molar-refractivity contribution in [1.82, 2.24) is 10.6 Å². The number of ether oxygens (including phenoxy) is 3. The Balaban J connectivity index is 1.49. The van der Waals surface area contributed by atoms with Crippen LogP contribution in [0.3, 0.4) is 0 Å². The molecule has 7 heteroatoms. The van der Waals surface area contributed by atoms with Crippen LogP contribution in [0.25, 0.3) is 0 Å². The highest BCUT2D eigenvalue weighted by atomic mass is 16.7. The van der Waals surface area contributed by atoms with Crippen LogP contribution in [0.1, 0.15) is 50.3 Å². The van der Waals surface area contributed by atoms with E-state index in [2.05, 4.69) is 10.6 Å². The van der Waals surface area contributed by atoms with Crippen molar-refractivity contribution in [2.45, 2.75) is 56.9 Å². The van der Waals surface area contributed by atoms with Crippen molar-refractivity contribution in [3.05, 3.63) is 108 Å². The Morgan fingerprint density at radius 3 is 1.59 bits per heavy atom. The highest BCUT2D eigenvalue weighted by molar-refractivity contribution is 5.73. The van der Waals surface area contributed by atoms with Gasteiger partial charge in [-0.2, -0.15) is 0 Å². The number of piperazine rings is 1. The van der Waals surface area contributed by atoms with Crippen molar-refractivity contribution in [1.29, 1.82) is 0 Å². The first-order chi connectivity index (χ1) is 18.8. The number of nitrogens with one attached hydrogen (secondary N) is 2. The van der Waals surface area contributed by atoms with Crippen molar-refractivity contribution < 1.29 is 23.8 Å². The van der Waals surface area contributed by atoms with Gasteiger partial charge in [0.25, 0.3) is 0 Å². The molecule has 1 fully saturated rings. The summed E-state index contributed by atoms with van der Waals surface area (Å²) in [4.78, 5) is 25.9. The summed E-state index contributed by atoms with van der Waals surface area (Å²) in [6.45, 7) is 6.81. The van der Waals surface area contributed by atoms with Gasteiger partial charge in [-0.3, -0.25) is 9.59 Å². The van der Waals surface area contributed by atoms with E-state index in [0.29, 0.717) is 13.1 Å². The molecule has 1 aliphatic heterocycles. The normalized spacial score (nSPS) is 17.8. The molecule has 1 aliphatic rings. The van der Waals surface area contributed by atoms with Gasteiger partial charge in [0.05, 0.1) is 18.4 Å². The Kier molecular flexibility index (Phi) is 9.51. The molecule has 1 saturated heterocycles. The Morgan fingerprint density at radius 1 is 0.718 bits per heavy atom. The molecule has 2 N–H and O–H groups in total. The Labute approximate surface area is 230 Å². The predicted molar refractivity (Wildman–Crippen MR) is 150 cm³/mol. The van der Waals surface area contributed by atoms with Gasteiger partial charge in [0.1, 0.15) is 0 Å². The van der Waals surface area contributed by atoms with Gasteiger partial charge in [0, 0.05) is 41.9 Å². The molecule has 0 aromatic heterocycles. The summed E-state index contributed by atoms with van der Waals surface area (Å²) in [6, 6.07) is 29.1. The van der Waals surface area contributed by atoms with Crippen LogP contribution >= 0.6 is 0 Å². The number of carbonyl (C=O) groups excluding carboxylic acids is 2. The maximum Gasteiger partial charge on any atom is 0.309 e. The number of hydrogen-bond donors (Lipinski definition) is 2. The molecule has 0 amide bonds. The number of rotatable bonds is 10. The molecular formula is C32H38N2O5. The minimum Gasteiger partial charge on any atom is -0.444 e. The van der Waals surface area contributed by atoms with Crippen LogP contribution in [0.4, 0.5) is 0 Å². The first-order valence-electron chi connectivity index (χ1n) is 13.4. The standard InChI is InChI=1S/C32H38N2O5/c1-31(2,3)38-23-37-29(35)19-27-21-33-22-28(34-27)20-30(36)39-32(24-13-7-4-8-14-24,25-15-9-5-10-16-25)26-17-11-6-12-18-26/h4-18,27-28,33-34H,19-23H2,1-3H3. The van der Waals surface area contributed by atoms with Gasteiger partial charge < -0.3 is 24.8 Å². The predicted octanol–water partition coefficient (Wildman–Crippen LogP) is 4.55. The molecule has 3 aromatic rings. The van der Waals surface area contributed by atoms with Gasteiger partial charge in [-0.05, 0) is 20.8 Å². The van der Waals surface area contributed by atoms with Gasteiger partial charge in [-0.1, -0.05) is 91.0 Å². The second-order valence-electron chi connectivity index (χ2n) is 10.8. The summed E-state index contributed by atoms with van der Waals surface area (Å²) >= 11 is 0. The van der Waals surface area contributed by atoms with E-state index >= 15 is 0 Å². The molecule has 0 bridgehead atoms. The lowest BCUT2D eigenvalue weighted by atomic mass is 9.80. The monoisotopic (exact) mass is 530 g/mol. The van der Waals surface area contributed by atoms with Crippen molar-refractivity contribution in [2.24, 2.45) is 0 Å². The number of hydrogen-bond acceptors (Lipinski definition) is 7. The molecule has 206 valence electrons. The van der Waals surface area contributed by atoms with Gasteiger partial charge in [-0.25, -0.2) is 0 Å². The molecule has 39 heavy (non-hydrogen) atoms. The molecule has 7 nitrogen and oxygen atoms in total. The average Bonchev–Trinajstić information content (AvgIpc) is 2.92. The number of benzene rings is 3. The summed E-state index contributed by atoms with van der Waals surface area (Å²) in [5, 5.41) is 6.75. The Bertz CT molecular complexity index is 1100. The van der Waals surface area contributed by atoms with Crippen LogP contribution in [0.2, 0.25) is 0 Å². The maximum atomic E-state index is 13.6. The molecule has 1 heterocycles. The fourth-order valence-corrected chi connectivity index (χ4v) is 4.79. The van der Waals surface area contributed by atoms with E-state index in [1.54, 1.807) is 0 Å². The smallest absolute Gasteiger partial charge is 0.309 e. The van der Waals surface area contributed by atoms with E-state index in [-0.39, 0.29) is 49.3 Å². The maximum absolute atomic E-state index is 13.6. The topological polar surface area (TPSA) is 85.9 Å². The summed E-state index contributed by atoms with van der Waals surface area (Å²) in [7, 11) is 0. The highest BCUT2D eigenvalue weighted by Gasteiger charge is 2.41. The van der Waals surface area contributed by atoms with E-state index in [4.69, 9.17) is 14.2 Å². The zero-order valence-electron chi connectivity index (χ0n) is 22.9. The molecule has 0 spiro atoms. The molecule has 3 aromatic carbocycles. The van der Waals surface area contributed by atoms with Crippen LogP contribution in [0.15, 0.2) is 91.0 Å². The van der Waals surface area contributed by atoms with E-state index in [1.165, 1.54) is 0 Å². The van der Waals surface area contributed by atoms with Crippen LogP contribution in [-0.2, 0) is 29.4 Å². The lowest BCUT2D eigenvalue weighted by molar-refractivity contribution is -0.167. The largest absolute Gasteiger partial charge is 0.444 e. The zero-order valence-corrected chi connectivity index (χ0v) is 22.9. The Morgan fingerprint density at radius 2 is 1.15 bits per heavy atom. The van der Waals surface area contributed by atoms with Crippen LogP contribution < -0.4 is 10.6 Å². The fraction of sp³-hybridized carbons (Fsp3) is 0.375. The quantitative estimate of drug-likeness (QED) is 0.226. The average molecular weight is 531 g/mol. The Hall–Kier alpha value is -3.52. The highest BCUT2D eigenvalue weighted by Crippen LogP contribution is 2.40. The van der Waals surface area contributed by atoms with E-state index in [9.17, 15) is 9.59 Å². The van der Waals surface area contributed by atoms with Gasteiger partial charge in [-0.15, -0.1) is 0 Å². The van der Waals surface area contributed by atoms with Gasteiger partial charge in [0.15, 0.2) is 12.4 Å². The van der Waals surface area contributed by atoms with E-state index in [1.807, 2.05) is 112 Å². The third-order valence-corrected chi connectivity index (χ3v) is 6.60. The summed E-state index contributed by atoms with van der Waals surface area (Å²) in [6.07, 6.45) is 0.313. The summed E-state index contributed by atoms with van der Waals surface area (Å²) in [5.41, 5.74) is 1.10. The third kappa shape index (κ3) is 7.76. The van der Waals surface area contributed by atoms with Gasteiger partial charge in [0.2, 0.25) is 0 Å². The lowest BCUT2D eigenvalue weighted by Gasteiger charge is -2.36. The zero-order chi connectivity index (χ0) is 27.7. The molecular weight excluding hydrogens is 492 g/mol. The summed E-state index contributed by atoms with van der Waals surface area (Å²) < 4.78 is 17.2. The van der Waals surface area contributed by atoms with Crippen LogP contribution in [0.5, 0.6) is 0 Å². The van der Waals surface area contributed by atoms with Crippen molar-refractivity contribution >= 4 is 11.9 Å². The molecule has 2 atom stereocenters. The molecule has 0 saturated carbocycles. The van der Waals surface area contributed by atoms with Crippen LogP contribution in [0, 0.1) is 0 Å². The minimum atomic E-state index is -1.11. The van der Waals surface area contributed by atoms with Crippen molar-refractivity contribution in [3.8, 4) is 0 Å². The van der Waals surface area contributed by atoms with Crippen molar-refractivity contribution in [3.63, 3.8) is 0 Å². The number of esters is 2. The molecule has 4 rings (SSSR count). The second kappa shape index (κ2) is 13.0.